The standard InChI is InChI=1S/C5H8OS2/c1-2-6-5-4(1)7-3-8-5/h4-5H,1-3H2. The third-order valence-electron chi connectivity index (χ3n) is 1.50. The van der Waals surface area contributed by atoms with E-state index in [1.165, 1.54) is 11.5 Å². The van der Waals surface area contributed by atoms with Crippen LogP contribution < -0.4 is 0 Å². The molecule has 1 nitrogen and oxygen atoms in total. The molecule has 0 spiro atoms. The molecule has 0 aromatic heterocycles. The van der Waals surface area contributed by atoms with Crippen LogP contribution in [0.3, 0.4) is 0 Å². The molecule has 0 aromatic rings. The lowest BCUT2D eigenvalue weighted by Gasteiger charge is -2.02. The van der Waals surface area contributed by atoms with Crippen molar-refractivity contribution in [2.24, 2.45) is 0 Å². The first-order valence-corrected chi connectivity index (χ1v) is 4.91. The molecule has 2 saturated heterocycles. The van der Waals surface area contributed by atoms with Gasteiger partial charge in [0.05, 0.1) is 0 Å². The van der Waals surface area contributed by atoms with Crippen molar-refractivity contribution in [3.05, 3.63) is 0 Å². The van der Waals surface area contributed by atoms with Crippen LogP contribution in [0.15, 0.2) is 0 Å². The van der Waals surface area contributed by atoms with E-state index in [0.29, 0.717) is 5.44 Å². The summed E-state index contributed by atoms with van der Waals surface area (Å²) in [7, 11) is 0. The van der Waals surface area contributed by atoms with Crippen molar-refractivity contribution in [1.82, 2.24) is 0 Å². The summed E-state index contributed by atoms with van der Waals surface area (Å²) in [5.74, 6) is 0. The quantitative estimate of drug-likeness (QED) is 0.515. The second kappa shape index (κ2) is 2.12. The van der Waals surface area contributed by atoms with Gasteiger partial charge >= 0.3 is 0 Å². The predicted octanol–water partition coefficient (Wildman–Crippen LogP) is 1.54. The molecule has 2 fully saturated rings. The van der Waals surface area contributed by atoms with Gasteiger partial charge in [0.15, 0.2) is 0 Å². The molecule has 0 bridgehead atoms. The summed E-state index contributed by atoms with van der Waals surface area (Å²) in [4.78, 5) is 0. The summed E-state index contributed by atoms with van der Waals surface area (Å²) in [5, 5.41) is 2.08. The lowest BCUT2D eigenvalue weighted by atomic mass is 10.4. The second-order valence-electron chi connectivity index (χ2n) is 2.02. The van der Waals surface area contributed by atoms with Crippen molar-refractivity contribution in [1.29, 1.82) is 0 Å². The third kappa shape index (κ3) is 0.769. The van der Waals surface area contributed by atoms with Crippen molar-refractivity contribution >= 4 is 23.5 Å². The molecule has 0 aliphatic carbocycles. The Labute approximate surface area is 57.5 Å². The number of hydrogen-bond acceptors (Lipinski definition) is 3. The minimum atomic E-state index is 0.556. The molecule has 46 valence electrons. The molecule has 0 saturated carbocycles. The lowest BCUT2D eigenvalue weighted by molar-refractivity contribution is 0.176. The van der Waals surface area contributed by atoms with E-state index in [-0.39, 0.29) is 0 Å². The summed E-state index contributed by atoms with van der Waals surface area (Å²) < 4.78 is 5.42. The Bertz CT molecular complexity index is 76.4. The van der Waals surface area contributed by atoms with Crippen LogP contribution in [0, 0.1) is 0 Å². The summed E-state index contributed by atoms with van der Waals surface area (Å²) in [5.41, 5.74) is 0.556. The Kier molecular flexibility index (Phi) is 1.44. The van der Waals surface area contributed by atoms with E-state index in [1.54, 1.807) is 0 Å². The van der Waals surface area contributed by atoms with E-state index in [2.05, 4.69) is 11.8 Å². The number of fused-ring (bicyclic) bond motifs is 1. The smallest absolute Gasteiger partial charge is 0.115 e. The fourth-order valence-electron chi connectivity index (χ4n) is 1.05. The number of ether oxygens (including phenoxy) is 1. The molecular weight excluding hydrogens is 140 g/mol. The van der Waals surface area contributed by atoms with Crippen molar-refractivity contribution in [3.8, 4) is 0 Å². The van der Waals surface area contributed by atoms with Crippen LogP contribution in [0.4, 0.5) is 0 Å². The topological polar surface area (TPSA) is 9.23 Å². The Balaban J connectivity index is 2.04. The Morgan fingerprint density at radius 2 is 2.38 bits per heavy atom. The highest BCUT2D eigenvalue weighted by Gasteiger charge is 2.33. The molecule has 0 N–H and O–H groups in total. The van der Waals surface area contributed by atoms with Crippen molar-refractivity contribution in [2.45, 2.75) is 17.1 Å². The highest BCUT2D eigenvalue weighted by molar-refractivity contribution is 8.19. The van der Waals surface area contributed by atoms with Gasteiger partial charge in [0.1, 0.15) is 5.44 Å². The molecular formula is C5H8OS2. The van der Waals surface area contributed by atoms with Gasteiger partial charge in [0.25, 0.3) is 0 Å². The minimum absolute atomic E-state index is 0.556. The molecule has 8 heavy (non-hydrogen) atoms. The maximum atomic E-state index is 5.42. The van der Waals surface area contributed by atoms with Gasteiger partial charge in [0, 0.05) is 16.9 Å². The van der Waals surface area contributed by atoms with Gasteiger partial charge in [-0.1, -0.05) is 0 Å². The molecule has 2 aliphatic heterocycles. The lowest BCUT2D eigenvalue weighted by Crippen LogP contribution is -2.06. The zero-order valence-corrected chi connectivity index (χ0v) is 6.13. The molecule has 0 amide bonds. The SMILES string of the molecule is C1CC2SCSC2O1. The zero-order valence-electron chi connectivity index (χ0n) is 4.50. The van der Waals surface area contributed by atoms with Gasteiger partial charge in [-0.05, 0) is 6.42 Å². The Hall–Kier alpha value is 0.660. The highest BCUT2D eigenvalue weighted by Crippen LogP contribution is 2.42. The fourth-order valence-corrected chi connectivity index (χ4v) is 4.12. The normalized spacial score (nSPS) is 45.0. The molecule has 2 atom stereocenters. The molecule has 0 aromatic carbocycles. The predicted molar refractivity (Wildman–Crippen MR) is 38.2 cm³/mol. The number of rotatable bonds is 0. The third-order valence-corrected chi connectivity index (χ3v) is 4.47. The van der Waals surface area contributed by atoms with Gasteiger partial charge in [-0.2, -0.15) is 0 Å². The van der Waals surface area contributed by atoms with Crippen molar-refractivity contribution in [3.63, 3.8) is 0 Å². The second-order valence-corrected chi connectivity index (χ2v) is 4.70. The van der Waals surface area contributed by atoms with E-state index in [9.17, 15) is 0 Å². The summed E-state index contributed by atoms with van der Waals surface area (Å²) in [6, 6.07) is 0. The van der Waals surface area contributed by atoms with Crippen LogP contribution in [0.1, 0.15) is 6.42 Å². The van der Waals surface area contributed by atoms with Gasteiger partial charge in [-0.25, -0.2) is 0 Å². The van der Waals surface area contributed by atoms with Gasteiger partial charge in [-0.3, -0.25) is 0 Å². The molecule has 2 aliphatic rings. The summed E-state index contributed by atoms with van der Waals surface area (Å²) in [6.45, 7) is 0.995. The highest BCUT2D eigenvalue weighted by atomic mass is 32.2. The first-order chi connectivity index (χ1) is 3.97. The minimum Gasteiger partial charge on any atom is -0.366 e. The van der Waals surface area contributed by atoms with Crippen molar-refractivity contribution in [2.75, 3.05) is 11.7 Å². The Morgan fingerprint density at radius 3 is 3.25 bits per heavy atom. The molecule has 3 heteroatoms. The molecule has 2 unspecified atom stereocenters. The molecule has 2 rings (SSSR count). The maximum absolute atomic E-state index is 5.42. The van der Waals surface area contributed by atoms with Crippen LogP contribution in [-0.4, -0.2) is 22.4 Å². The number of thioether (sulfide) groups is 2. The molecule has 0 radical (unpaired) electrons. The first kappa shape index (κ1) is 5.45. The molecule has 2 heterocycles. The first-order valence-electron chi connectivity index (χ1n) is 2.81. The van der Waals surface area contributed by atoms with E-state index in [0.717, 1.165) is 11.9 Å². The number of hydrogen-bond donors (Lipinski definition) is 0. The fraction of sp³-hybridized carbons (Fsp3) is 1.00. The van der Waals surface area contributed by atoms with Gasteiger partial charge < -0.3 is 4.74 Å². The van der Waals surface area contributed by atoms with Crippen molar-refractivity contribution < 1.29 is 4.74 Å². The van der Waals surface area contributed by atoms with E-state index in [1.807, 2.05) is 11.8 Å². The maximum Gasteiger partial charge on any atom is 0.115 e. The van der Waals surface area contributed by atoms with Crippen LogP contribution >= 0.6 is 23.5 Å². The van der Waals surface area contributed by atoms with E-state index >= 15 is 0 Å². The van der Waals surface area contributed by atoms with Crippen LogP contribution in [0.25, 0.3) is 0 Å². The van der Waals surface area contributed by atoms with E-state index in [4.69, 9.17) is 4.74 Å². The van der Waals surface area contributed by atoms with Crippen LogP contribution in [0.5, 0.6) is 0 Å². The summed E-state index contributed by atoms with van der Waals surface area (Å²) >= 11 is 4.00. The zero-order chi connectivity index (χ0) is 5.40. The average molecular weight is 148 g/mol. The summed E-state index contributed by atoms with van der Waals surface area (Å²) in [6.07, 6.45) is 1.28. The monoisotopic (exact) mass is 148 g/mol. The van der Waals surface area contributed by atoms with Crippen LogP contribution in [-0.2, 0) is 4.74 Å². The Morgan fingerprint density at radius 1 is 1.38 bits per heavy atom. The largest absolute Gasteiger partial charge is 0.366 e. The average Bonchev–Trinajstić information content (AvgIpc) is 2.15. The van der Waals surface area contributed by atoms with Gasteiger partial charge in [0.2, 0.25) is 0 Å². The van der Waals surface area contributed by atoms with Gasteiger partial charge in [-0.15, -0.1) is 23.5 Å². The van der Waals surface area contributed by atoms with E-state index < -0.39 is 0 Å². The van der Waals surface area contributed by atoms with Crippen LogP contribution in [0.2, 0.25) is 0 Å².